The highest BCUT2D eigenvalue weighted by Crippen LogP contribution is 2.36. The van der Waals surface area contributed by atoms with Gasteiger partial charge in [0.25, 0.3) is 0 Å². The maximum absolute atomic E-state index is 11.4. The lowest BCUT2D eigenvalue weighted by Crippen LogP contribution is -2.66. The highest BCUT2D eigenvalue weighted by atomic mass is 32.2. The van der Waals surface area contributed by atoms with E-state index >= 15 is 0 Å². The van der Waals surface area contributed by atoms with Crippen LogP contribution in [0.15, 0.2) is 0 Å². The lowest BCUT2D eigenvalue weighted by molar-refractivity contribution is -0.131. The smallest absolute Gasteiger partial charge is 0.150 e. The highest BCUT2D eigenvalue weighted by Gasteiger charge is 2.50. The Morgan fingerprint density at radius 3 is 2.31 bits per heavy atom. The van der Waals surface area contributed by atoms with Gasteiger partial charge in [-0.1, -0.05) is 0 Å². The van der Waals surface area contributed by atoms with E-state index in [1.165, 1.54) is 0 Å². The molecule has 2 heterocycles. The van der Waals surface area contributed by atoms with Crippen molar-refractivity contribution < 1.29 is 18.3 Å². The van der Waals surface area contributed by atoms with Crippen molar-refractivity contribution in [2.75, 3.05) is 24.7 Å². The third-order valence-electron chi connectivity index (χ3n) is 3.87. The summed E-state index contributed by atoms with van der Waals surface area (Å²) in [7, 11) is -2.95. The number of rotatable bonds is 1. The Balaban J connectivity index is 2.13. The van der Waals surface area contributed by atoms with E-state index in [4.69, 9.17) is 10.5 Å². The molecule has 1 unspecified atom stereocenters. The van der Waals surface area contributed by atoms with E-state index in [0.29, 0.717) is 25.9 Å². The van der Waals surface area contributed by atoms with Gasteiger partial charge in [-0.2, -0.15) is 0 Å². The van der Waals surface area contributed by atoms with Crippen LogP contribution in [0.2, 0.25) is 0 Å². The molecule has 6 heteroatoms. The van der Waals surface area contributed by atoms with Crippen LogP contribution in [0.25, 0.3) is 0 Å². The Morgan fingerprint density at radius 1 is 1.19 bits per heavy atom. The molecule has 0 aromatic rings. The summed E-state index contributed by atoms with van der Waals surface area (Å²) in [6, 6.07) is 0. The molecule has 0 aromatic carbocycles. The first-order chi connectivity index (χ1) is 7.37. The number of sulfone groups is 1. The third-order valence-corrected chi connectivity index (χ3v) is 5.52. The number of aliphatic hydroxyl groups is 1. The number of hydrogen-bond donors (Lipinski definition) is 2. The molecule has 2 fully saturated rings. The van der Waals surface area contributed by atoms with Crippen LogP contribution in [0.1, 0.15) is 25.7 Å². The molecular formula is C10H19NO4S. The predicted molar refractivity (Wildman–Crippen MR) is 59.8 cm³/mol. The predicted octanol–water partition coefficient (Wildman–Crippen LogP) is -0.566. The second kappa shape index (κ2) is 3.94. The third kappa shape index (κ3) is 2.11. The molecule has 2 rings (SSSR count). The fourth-order valence-corrected chi connectivity index (χ4v) is 4.09. The Bertz CT molecular complexity index is 345. The molecule has 2 aliphatic rings. The first-order valence-corrected chi connectivity index (χ1v) is 7.49. The number of nitrogens with two attached hydrogens (primary N) is 1. The van der Waals surface area contributed by atoms with Crippen LogP contribution < -0.4 is 5.73 Å². The van der Waals surface area contributed by atoms with Gasteiger partial charge in [0.1, 0.15) is 15.4 Å². The molecule has 0 aliphatic carbocycles. The van der Waals surface area contributed by atoms with Gasteiger partial charge in [0, 0.05) is 12.1 Å². The largest absolute Gasteiger partial charge is 0.386 e. The molecular weight excluding hydrogens is 230 g/mol. The van der Waals surface area contributed by atoms with Crippen LogP contribution in [0.4, 0.5) is 0 Å². The summed E-state index contributed by atoms with van der Waals surface area (Å²) in [5.74, 6) is 0.150. The summed E-state index contributed by atoms with van der Waals surface area (Å²) in [4.78, 5) is 0. The zero-order valence-electron chi connectivity index (χ0n) is 9.31. The topological polar surface area (TPSA) is 89.6 Å². The van der Waals surface area contributed by atoms with Gasteiger partial charge in [-0.05, 0) is 25.7 Å². The molecule has 5 nitrogen and oxygen atoms in total. The van der Waals surface area contributed by atoms with Crippen LogP contribution in [0, 0.1) is 0 Å². The maximum Gasteiger partial charge on any atom is 0.150 e. The van der Waals surface area contributed by atoms with Crippen molar-refractivity contribution in [3.05, 3.63) is 0 Å². The van der Waals surface area contributed by atoms with Gasteiger partial charge in [0.2, 0.25) is 0 Å². The summed E-state index contributed by atoms with van der Waals surface area (Å²) in [5, 5.41) is 10.5. The lowest BCUT2D eigenvalue weighted by atomic mass is 9.73. The van der Waals surface area contributed by atoms with E-state index in [2.05, 4.69) is 0 Å². The molecule has 3 N–H and O–H groups in total. The van der Waals surface area contributed by atoms with Crippen molar-refractivity contribution in [1.82, 2.24) is 0 Å². The van der Waals surface area contributed by atoms with Crippen molar-refractivity contribution in [3.8, 4) is 0 Å². The van der Waals surface area contributed by atoms with Crippen LogP contribution in [0.3, 0.4) is 0 Å². The fraction of sp³-hybridized carbons (Fsp3) is 1.00. The summed E-state index contributed by atoms with van der Waals surface area (Å²) < 4.78 is 28.0. The molecule has 0 saturated carbocycles. The van der Waals surface area contributed by atoms with Crippen molar-refractivity contribution in [2.45, 2.75) is 36.8 Å². The number of ether oxygens (including phenoxy) is 1. The second-order valence-electron chi connectivity index (χ2n) is 5.00. The van der Waals surface area contributed by atoms with Crippen LogP contribution in [-0.4, -0.2) is 49.4 Å². The molecule has 0 aromatic heterocycles. The summed E-state index contributed by atoms with van der Waals surface area (Å²) in [6.45, 7) is 0.875. The van der Waals surface area contributed by atoms with Crippen LogP contribution in [0.5, 0.6) is 0 Å². The SMILES string of the molecule is NC1(C2(O)CCCOC2)CCS(=O)(=O)CC1. The minimum Gasteiger partial charge on any atom is -0.386 e. The molecule has 2 aliphatic heterocycles. The Hall–Kier alpha value is -0.170. The Kier molecular flexibility index (Phi) is 3.03. The van der Waals surface area contributed by atoms with Crippen LogP contribution in [-0.2, 0) is 14.6 Å². The zero-order valence-corrected chi connectivity index (χ0v) is 10.1. The Morgan fingerprint density at radius 2 is 1.81 bits per heavy atom. The lowest BCUT2D eigenvalue weighted by Gasteiger charge is -2.48. The zero-order chi connectivity index (χ0) is 11.9. The van der Waals surface area contributed by atoms with Crippen molar-refractivity contribution in [2.24, 2.45) is 5.73 Å². The highest BCUT2D eigenvalue weighted by molar-refractivity contribution is 7.91. The van der Waals surface area contributed by atoms with Gasteiger partial charge in [0.05, 0.1) is 18.1 Å². The average molecular weight is 249 g/mol. The maximum atomic E-state index is 11.4. The van der Waals surface area contributed by atoms with Gasteiger partial charge in [-0.3, -0.25) is 0 Å². The van der Waals surface area contributed by atoms with Gasteiger partial charge >= 0.3 is 0 Å². The standard InChI is InChI=1S/C10H19NO4S/c11-9(3-6-16(13,14)7-4-9)10(12)2-1-5-15-8-10/h12H,1-8,11H2. The average Bonchev–Trinajstić information content (AvgIpc) is 2.24. The van der Waals surface area contributed by atoms with Gasteiger partial charge < -0.3 is 15.6 Å². The summed E-state index contributed by atoms with van der Waals surface area (Å²) in [6.07, 6.45) is 2.04. The minimum atomic E-state index is -2.95. The summed E-state index contributed by atoms with van der Waals surface area (Å²) in [5.41, 5.74) is 4.33. The first-order valence-electron chi connectivity index (χ1n) is 5.66. The molecule has 0 amide bonds. The Labute approximate surface area is 95.9 Å². The molecule has 0 spiro atoms. The van der Waals surface area contributed by atoms with Gasteiger partial charge in [-0.25, -0.2) is 8.42 Å². The minimum absolute atomic E-state index is 0.0752. The van der Waals surface area contributed by atoms with Crippen molar-refractivity contribution >= 4 is 9.84 Å². The quantitative estimate of drug-likeness (QED) is 0.650. The molecule has 16 heavy (non-hydrogen) atoms. The summed E-state index contributed by atoms with van der Waals surface area (Å²) >= 11 is 0. The molecule has 94 valence electrons. The molecule has 2 saturated heterocycles. The van der Waals surface area contributed by atoms with E-state index in [-0.39, 0.29) is 18.1 Å². The van der Waals surface area contributed by atoms with E-state index in [9.17, 15) is 13.5 Å². The number of hydrogen-bond acceptors (Lipinski definition) is 5. The molecule has 0 radical (unpaired) electrons. The molecule has 1 atom stereocenters. The first kappa shape index (κ1) is 12.3. The van der Waals surface area contributed by atoms with Gasteiger partial charge in [-0.15, -0.1) is 0 Å². The van der Waals surface area contributed by atoms with Crippen molar-refractivity contribution in [1.29, 1.82) is 0 Å². The van der Waals surface area contributed by atoms with E-state index in [1.54, 1.807) is 0 Å². The second-order valence-corrected chi connectivity index (χ2v) is 7.30. The van der Waals surface area contributed by atoms with E-state index < -0.39 is 21.0 Å². The van der Waals surface area contributed by atoms with Crippen LogP contribution >= 0.6 is 0 Å². The molecule has 0 bridgehead atoms. The van der Waals surface area contributed by atoms with E-state index in [1.807, 2.05) is 0 Å². The monoisotopic (exact) mass is 249 g/mol. The fourth-order valence-electron chi connectivity index (χ4n) is 2.54. The normalized spacial score (nSPS) is 38.1. The van der Waals surface area contributed by atoms with Gasteiger partial charge in [0.15, 0.2) is 0 Å². The van der Waals surface area contributed by atoms with Crippen molar-refractivity contribution in [3.63, 3.8) is 0 Å². The van der Waals surface area contributed by atoms with E-state index in [0.717, 1.165) is 6.42 Å².